The topological polar surface area (TPSA) is 109 Å². The van der Waals surface area contributed by atoms with Crippen LogP contribution < -0.4 is 14.6 Å². The fourth-order valence-electron chi connectivity index (χ4n) is 3.93. The maximum atomic E-state index is 13.1. The maximum Gasteiger partial charge on any atom is 0.238 e. The predicted molar refractivity (Wildman–Crippen MR) is 113 cm³/mol. The van der Waals surface area contributed by atoms with Gasteiger partial charge >= 0.3 is 0 Å². The highest BCUT2D eigenvalue weighted by molar-refractivity contribution is 7.89. The molecule has 2 N–H and O–H groups in total. The van der Waals surface area contributed by atoms with Gasteiger partial charge in [0.15, 0.2) is 11.5 Å². The van der Waals surface area contributed by atoms with E-state index in [2.05, 4.69) is 4.98 Å². The quantitative estimate of drug-likeness (QED) is 0.636. The summed E-state index contributed by atoms with van der Waals surface area (Å²) in [6.45, 7) is 0.204. The molecule has 0 atom stereocenters. The zero-order chi connectivity index (χ0) is 21.6. The Labute approximate surface area is 179 Å². The molecule has 1 fully saturated rings. The number of sulfonamides is 1. The third-order valence-corrected chi connectivity index (χ3v) is 6.78. The molecule has 0 bridgehead atoms. The predicted octanol–water partition coefficient (Wildman–Crippen LogP) is 2.97. The average Bonchev–Trinajstić information content (AvgIpc) is 3.45. The zero-order valence-corrected chi connectivity index (χ0v) is 17.4. The number of rotatable bonds is 6. The van der Waals surface area contributed by atoms with Gasteiger partial charge in [0.25, 0.3) is 0 Å². The fourth-order valence-corrected chi connectivity index (χ4v) is 4.49. The minimum Gasteiger partial charge on any atom is -0.454 e. The van der Waals surface area contributed by atoms with Gasteiger partial charge in [-0.1, -0.05) is 24.3 Å². The number of ether oxygens (including phenoxy) is 2. The lowest BCUT2D eigenvalue weighted by atomic mass is 9.88. The van der Waals surface area contributed by atoms with Crippen LogP contribution in [0.5, 0.6) is 11.5 Å². The van der Waals surface area contributed by atoms with Crippen LogP contribution in [-0.2, 0) is 26.7 Å². The Kier molecular flexibility index (Phi) is 4.56. The number of primary sulfonamides is 1. The molecule has 0 unspecified atom stereocenters. The first-order valence-corrected chi connectivity index (χ1v) is 11.4. The van der Waals surface area contributed by atoms with Crippen LogP contribution in [0.1, 0.15) is 24.1 Å². The molecule has 2 heterocycles. The van der Waals surface area contributed by atoms with Crippen molar-refractivity contribution in [2.45, 2.75) is 29.6 Å². The van der Waals surface area contributed by atoms with Crippen LogP contribution in [0.3, 0.4) is 0 Å². The minimum absolute atomic E-state index is 0.0451. The standard InChI is InChI=1S/C23H20N2O5S/c24-31(27,28)19-3-1-2-15(10-19)16-4-6-18(25-13-16)12-22(26)23(8-9-23)17-5-7-20-21(11-17)30-14-29-20/h1-7,10-11,13H,8-9,12,14H2,(H2,24,27,28). The first-order chi connectivity index (χ1) is 14.8. The van der Waals surface area contributed by atoms with Gasteiger partial charge in [-0.15, -0.1) is 0 Å². The number of aromatic nitrogens is 1. The summed E-state index contributed by atoms with van der Waals surface area (Å²) in [6, 6.07) is 15.7. The van der Waals surface area contributed by atoms with Gasteiger partial charge in [-0.25, -0.2) is 13.6 Å². The molecular formula is C23H20N2O5S. The summed E-state index contributed by atoms with van der Waals surface area (Å²) in [6.07, 6.45) is 3.49. The van der Waals surface area contributed by atoms with Crippen LogP contribution in [-0.4, -0.2) is 26.0 Å². The Bertz CT molecular complexity index is 1280. The highest BCUT2D eigenvalue weighted by Gasteiger charge is 2.50. The number of pyridine rings is 1. The Morgan fingerprint density at radius 2 is 1.81 bits per heavy atom. The lowest BCUT2D eigenvalue weighted by Gasteiger charge is -2.15. The van der Waals surface area contributed by atoms with Crippen molar-refractivity contribution in [2.24, 2.45) is 5.14 Å². The van der Waals surface area contributed by atoms with Crippen molar-refractivity contribution in [3.8, 4) is 22.6 Å². The molecule has 1 saturated carbocycles. The first kappa shape index (κ1) is 19.7. The molecule has 1 aromatic heterocycles. The third kappa shape index (κ3) is 3.68. The van der Waals surface area contributed by atoms with Crippen LogP contribution in [0, 0.1) is 0 Å². The SMILES string of the molecule is NS(=O)(=O)c1cccc(-c2ccc(CC(=O)C3(c4ccc5c(c4)OCO5)CC3)nc2)c1. The van der Waals surface area contributed by atoms with Gasteiger partial charge in [0, 0.05) is 23.9 Å². The van der Waals surface area contributed by atoms with Crippen molar-refractivity contribution in [3.63, 3.8) is 0 Å². The number of hydrogen-bond donors (Lipinski definition) is 1. The molecule has 0 amide bonds. The summed E-state index contributed by atoms with van der Waals surface area (Å²) in [4.78, 5) is 17.6. The maximum absolute atomic E-state index is 13.1. The van der Waals surface area contributed by atoms with Gasteiger partial charge < -0.3 is 9.47 Å². The highest BCUT2D eigenvalue weighted by atomic mass is 32.2. The van der Waals surface area contributed by atoms with Gasteiger partial charge in [0.2, 0.25) is 16.8 Å². The highest BCUT2D eigenvalue weighted by Crippen LogP contribution is 2.51. The number of fused-ring (bicyclic) bond motifs is 1. The van der Waals surface area contributed by atoms with E-state index in [4.69, 9.17) is 14.6 Å². The fraction of sp³-hybridized carbons (Fsp3) is 0.217. The van der Waals surface area contributed by atoms with Crippen molar-refractivity contribution < 1.29 is 22.7 Å². The minimum atomic E-state index is -3.78. The smallest absolute Gasteiger partial charge is 0.238 e. The van der Waals surface area contributed by atoms with E-state index in [9.17, 15) is 13.2 Å². The van der Waals surface area contributed by atoms with Gasteiger partial charge in [-0.2, -0.15) is 0 Å². The Hall–Kier alpha value is -3.23. The van der Waals surface area contributed by atoms with E-state index in [-0.39, 0.29) is 23.9 Å². The molecule has 1 aliphatic heterocycles. The normalized spacial score (nSPS) is 16.2. The van der Waals surface area contributed by atoms with Gasteiger partial charge in [-0.05, 0) is 54.3 Å². The molecule has 1 aliphatic carbocycles. The summed E-state index contributed by atoms with van der Waals surface area (Å²) in [5.74, 6) is 1.51. The second-order valence-electron chi connectivity index (χ2n) is 7.86. The number of nitrogens with two attached hydrogens (primary N) is 1. The largest absolute Gasteiger partial charge is 0.454 e. The van der Waals surface area contributed by atoms with Crippen molar-refractivity contribution in [1.29, 1.82) is 0 Å². The lowest BCUT2D eigenvalue weighted by Crippen LogP contribution is -2.22. The molecule has 31 heavy (non-hydrogen) atoms. The summed E-state index contributed by atoms with van der Waals surface area (Å²) >= 11 is 0. The second-order valence-corrected chi connectivity index (χ2v) is 9.42. The van der Waals surface area contributed by atoms with E-state index in [0.29, 0.717) is 22.8 Å². The number of nitrogens with zero attached hydrogens (tertiary/aromatic N) is 1. The van der Waals surface area contributed by atoms with Crippen molar-refractivity contribution >= 4 is 15.8 Å². The van der Waals surface area contributed by atoms with E-state index < -0.39 is 15.4 Å². The van der Waals surface area contributed by atoms with E-state index in [1.807, 2.05) is 24.3 Å². The Morgan fingerprint density at radius 1 is 1.00 bits per heavy atom. The van der Waals surface area contributed by atoms with Crippen molar-refractivity contribution in [1.82, 2.24) is 4.98 Å². The second kappa shape index (κ2) is 7.18. The Balaban J connectivity index is 1.34. The summed E-state index contributed by atoms with van der Waals surface area (Å²) in [7, 11) is -3.78. The molecule has 8 heteroatoms. The van der Waals surface area contributed by atoms with Crippen LogP contribution in [0.2, 0.25) is 0 Å². The number of carbonyl (C=O) groups excluding carboxylic acids is 1. The van der Waals surface area contributed by atoms with Crippen molar-refractivity contribution in [3.05, 3.63) is 72.1 Å². The Morgan fingerprint density at radius 3 is 2.52 bits per heavy atom. The van der Waals surface area contributed by atoms with Gasteiger partial charge in [-0.3, -0.25) is 9.78 Å². The molecule has 0 spiro atoms. The van der Waals surface area contributed by atoms with E-state index in [1.54, 1.807) is 24.4 Å². The third-order valence-electron chi connectivity index (χ3n) is 5.87. The van der Waals surface area contributed by atoms with Crippen molar-refractivity contribution in [2.75, 3.05) is 6.79 Å². The molecular weight excluding hydrogens is 416 g/mol. The molecule has 5 rings (SSSR count). The molecule has 158 valence electrons. The number of carbonyl (C=O) groups is 1. The first-order valence-electron chi connectivity index (χ1n) is 9.87. The van der Waals surface area contributed by atoms with Gasteiger partial charge in [0.05, 0.1) is 10.3 Å². The molecule has 3 aromatic rings. The zero-order valence-electron chi connectivity index (χ0n) is 16.6. The number of benzene rings is 2. The average molecular weight is 436 g/mol. The van der Waals surface area contributed by atoms with Crippen LogP contribution in [0.4, 0.5) is 0 Å². The van der Waals surface area contributed by atoms with Crippen LogP contribution in [0.25, 0.3) is 11.1 Å². The van der Waals surface area contributed by atoms with Gasteiger partial charge in [0.1, 0.15) is 5.78 Å². The summed E-state index contributed by atoms with van der Waals surface area (Å²) < 4.78 is 34.0. The van der Waals surface area contributed by atoms with Crippen LogP contribution >= 0.6 is 0 Å². The summed E-state index contributed by atoms with van der Waals surface area (Å²) in [5.41, 5.74) is 2.58. The van der Waals surface area contributed by atoms with E-state index in [0.717, 1.165) is 24.0 Å². The molecule has 0 saturated heterocycles. The lowest BCUT2D eigenvalue weighted by molar-refractivity contribution is -0.120. The monoisotopic (exact) mass is 436 g/mol. The van der Waals surface area contributed by atoms with Crippen LogP contribution in [0.15, 0.2) is 65.7 Å². The van der Waals surface area contributed by atoms with E-state index >= 15 is 0 Å². The molecule has 7 nitrogen and oxygen atoms in total. The molecule has 0 radical (unpaired) electrons. The van der Waals surface area contributed by atoms with E-state index in [1.165, 1.54) is 12.1 Å². The molecule has 2 aromatic carbocycles. The summed E-state index contributed by atoms with van der Waals surface area (Å²) in [5, 5.41) is 5.21. The number of hydrogen-bond acceptors (Lipinski definition) is 6. The number of Topliss-reactive ketones (excluding diaryl/α,β-unsaturated/α-hetero) is 1. The number of ketones is 1. The molecule has 2 aliphatic rings.